The molecule has 0 bridgehead atoms. The molecule has 0 spiro atoms. The van der Waals surface area contributed by atoms with E-state index in [0.29, 0.717) is 18.9 Å². The number of nitrogens with one attached hydrogen (secondary N) is 1. The van der Waals surface area contributed by atoms with Crippen LogP contribution in [-0.4, -0.2) is 17.5 Å². The maximum atomic E-state index is 14.0. The molecule has 2 atom stereocenters. The lowest BCUT2D eigenvalue weighted by Crippen LogP contribution is -2.28. The molecule has 4 nitrogen and oxygen atoms in total. The summed E-state index contributed by atoms with van der Waals surface area (Å²) in [5.41, 5.74) is -0.152. The van der Waals surface area contributed by atoms with Gasteiger partial charge in [-0.3, -0.25) is 9.59 Å². The minimum Gasteiger partial charge on any atom is -0.483 e. The third kappa shape index (κ3) is 6.55. The van der Waals surface area contributed by atoms with Gasteiger partial charge in [-0.1, -0.05) is 34.5 Å². The third-order valence-corrected chi connectivity index (χ3v) is 5.47. The molecule has 3 rings (SSSR count). The van der Waals surface area contributed by atoms with Crippen molar-refractivity contribution in [2.24, 2.45) is 5.92 Å². The highest BCUT2D eigenvalue weighted by atomic mass is 79.9. The van der Waals surface area contributed by atoms with Crippen LogP contribution in [0.2, 0.25) is 0 Å². The summed E-state index contributed by atoms with van der Waals surface area (Å²) in [5.74, 6) is -1.50. The lowest BCUT2D eigenvalue weighted by Gasteiger charge is -2.28. The van der Waals surface area contributed by atoms with Crippen LogP contribution in [0, 0.1) is 11.7 Å². The summed E-state index contributed by atoms with van der Waals surface area (Å²) in [7, 11) is 0. The molecule has 2 N–H and O–H groups in total. The Labute approximate surface area is 179 Å². The molecule has 162 valence electrons. The number of anilines is 1. The average molecular weight is 490 g/mol. The van der Waals surface area contributed by atoms with Crippen LogP contribution in [-0.2, 0) is 15.8 Å². The van der Waals surface area contributed by atoms with Crippen LogP contribution in [0.1, 0.15) is 42.7 Å². The van der Waals surface area contributed by atoms with Crippen LogP contribution in [0.15, 0.2) is 46.9 Å². The van der Waals surface area contributed by atoms with Gasteiger partial charge in [-0.25, -0.2) is 4.39 Å². The van der Waals surface area contributed by atoms with Crippen molar-refractivity contribution in [3.8, 4) is 0 Å². The van der Waals surface area contributed by atoms with Crippen molar-refractivity contribution in [1.29, 1.82) is 0 Å². The molecule has 1 saturated carbocycles. The van der Waals surface area contributed by atoms with Gasteiger partial charge in [0.15, 0.2) is 0 Å². The Hall–Kier alpha value is -2.42. The second kappa shape index (κ2) is 10.6. The van der Waals surface area contributed by atoms with E-state index >= 15 is 0 Å². The Bertz CT molecular complexity index is 872. The normalized spacial score (nSPS) is 18.7. The number of alkyl halides is 3. The van der Waals surface area contributed by atoms with E-state index in [0.717, 1.165) is 35.0 Å². The van der Waals surface area contributed by atoms with Crippen molar-refractivity contribution in [1.82, 2.24) is 0 Å². The molecule has 0 saturated heterocycles. The zero-order chi connectivity index (χ0) is 22.3. The summed E-state index contributed by atoms with van der Waals surface area (Å²) < 4.78 is 52.8. The van der Waals surface area contributed by atoms with Gasteiger partial charge in [0.2, 0.25) is 5.91 Å². The van der Waals surface area contributed by atoms with Crippen molar-refractivity contribution in [3.05, 3.63) is 63.9 Å². The van der Waals surface area contributed by atoms with Crippen LogP contribution in [0.3, 0.4) is 0 Å². The SMILES string of the molecule is O=C(Nc1ccc(C(F)(F)F)cc1F)C1CCCC(c2ccc(Br)cc2)C1.O=CO. The quantitative estimate of drug-likeness (QED) is 0.397. The fourth-order valence-electron chi connectivity index (χ4n) is 3.49. The van der Waals surface area contributed by atoms with E-state index in [9.17, 15) is 22.4 Å². The number of carbonyl (C=O) groups excluding carboxylic acids is 1. The van der Waals surface area contributed by atoms with Crippen LogP contribution < -0.4 is 5.32 Å². The first-order valence-corrected chi connectivity index (χ1v) is 9.96. The van der Waals surface area contributed by atoms with E-state index < -0.39 is 17.6 Å². The number of hydrogen-bond donors (Lipinski definition) is 2. The van der Waals surface area contributed by atoms with Crippen molar-refractivity contribution in [3.63, 3.8) is 0 Å². The van der Waals surface area contributed by atoms with E-state index in [2.05, 4.69) is 21.2 Å². The summed E-state index contributed by atoms with van der Waals surface area (Å²) in [5, 5.41) is 9.34. The van der Waals surface area contributed by atoms with Crippen molar-refractivity contribution in [2.75, 3.05) is 5.32 Å². The fraction of sp³-hybridized carbons (Fsp3) is 0.333. The van der Waals surface area contributed by atoms with Crippen LogP contribution in [0.5, 0.6) is 0 Å². The highest BCUT2D eigenvalue weighted by molar-refractivity contribution is 9.10. The van der Waals surface area contributed by atoms with Crippen molar-refractivity contribution < 1.29 is 32.3 Å². The van der Waals surface area contributed by atoms with Gasteiger partial charge in [-0.15, -0.1) is 0 Å². The number of carbonyl (C=O) groups is 2. The smallest absolute Gasteiger partial charge is 0.416 e. The maximum absolute atomic E-state index is 14.0. The fourth-order valence-corrected chi connectivity index (χ4v) is 3.76. The van der Waals surface area contributed by atoms with E-state index in [1.165, 1.54) is 0 Å². The number of benzene rings is 2. The number of hydrogen-bond acceptors (Lipinski definition) is 2. The predicted octanol–water partition coefficient (Wildman–Crippen LogP) is 6.22. The maximum Gasteiger partial charge on any atom is 0.416 e. The summed E-state index contributed by atoms with van der Waals surface area (Å²) in [6.45, 7) is -0.250. The summed E-state index contributed by atoms with van der Waals surface area (Å²) in [6, 6.07) is 10.1. The Kier molecular flexibility index (Phi) is 8.40. The Balaban J connectivity index is 0.00000101. The Morgan fingerprint density at radius 3 is 2.33 bits per heavy atom. The van der Waals surface area contributed by atoms with Gasteiger partial charge < -0.3 is 10.4 Å². The van der Waals surface area contributed by atoms with E-state index in [1.807, 2.05) is 24.3 Å². The van der Waals surface area contributed by atoms with Gasteiger partial charge in [-0.05, 0) is 61.1 Å². The molecule has 2 unspecified atom stereocenters. The molecule has 9 heteroatoms. The molecule has 1 aliphatic rings. The lowest BCUT2D eigenvalue weighted by atomic mass is 9.77. The average Bonchev–Trinajstić information content (AvgIpc) is 2.70. The molecule has 0 aliphatic heterocycles. The monoisotopic (exact) mass is 489 g/mol. The number of carboxylic acid groups (broad SMARTS) is 1. The topological polar surface area (TPSA) is 66.4 Å². The molecule has 2 aromatic carbocycles. The first kappa shape index (κ1) is 23.9. The molecular weight excluding hydrogens is 470 g/mol. The summed E-state index contributed by atoms with van der Waals surface area (Å²) in [6.07, 6.45) is -1.46. The highest BCUT2D eigenvalue weighted by Crippen LogP contribution is 2.37. The van der Waals surface area contributed by atoms with Crippen molar-refractivity contribution in [2.45, 2.75) is 37.8 Å². The molecular formula is C21H20BrF4NO3. The number of rotatable bonds is 3. The zero-order valence-corrected chi connectivity index (χ0v) is 17.3. The van der Waals surface area contributed by atoms with Gasteiger partial charge in [0.1, 0.15) is 5.82 Å². The lowest BCUT2D eigenvalue weighted by molar-refractivity contribution is -0.137. The number of halogens is 5. The van der Waals surface area contributed by atoms with Gasteiger partial charge >= 0.3 is 6.18 Å². The molecule has 2 aromatic rings. The number of amides is 1. The second-order valence-electron chi connectivity index (χ2n) is 6.90. The minimum absolute atomic E-state index is 0.223. The first-order valence-electron chi connectivity index (χ1n) is 9.16. The molecule has 1 fully saturated rings. The summed E-state index contributed by atoms with van der Waals surface area (Å²) >= 11 is 3.40. The van der Waals surface area contributed by atoms with Crippen LogP contribution >= 0.6 is 15.9 Å². The summed E-state index contributed by atoms with van der Waals surface area (Å²) in [4.78, 5) is 20.9. The van der Waals surface area contributed by atoms with E-state index in [-0.39, 0.29) is 29.9 Å². The van der Waals surface area contributed by atoms with Crippen LogP contribution in [0.4, 0.5) is 23.2 Å². The van der Waals surface area contributed by atoms with Gasteiger partial charge in [0.05, 0.1) is 11.3 Å². The molecule has 0 aromatic heterocycles. The van der Waals surface area contributed by atoms with Crippen molar-refractivity contribution >= 4 is 34.0 Å². The third-order valence-electron chi connectivity index (χ3n) is 4.94. The standard InChI is InChI=1S/C20H18BrF4NO.CH2O2/c21-16-7-4-12(5-8-16)13-2-1-3-14(10-13)19(27)26-18-9-6-15(11-17(18)22)20(23,24)25;2-1-3/h4-9,11,13-14H,1-3,10H2,(H,26,27);1H,(H,2,3). The van der Waals surface area contributed by atoms with E-state index in [1.54, 1.807) is 0 Å². The first-order chi connectivity index (χ1) is 14.2. The van der Waals surface area contributed by atoms with Crippen LogP contribution in [0.25, 0.3) is 0 Å². The van der Waals surface area contributed by atoms with Gasteiger partial charge in [-0.2, -0.15) is 13.2 Å². The Morgan fingerprint density at radius 2 is 1.77 bits per heavy atom. The Morgan fingerprint density at radius 1 is 1.13 bits per heavy atom. The van der Waals surface area contributed by atoms with Gasteiger partial charge in [0, 0.05) is 10.4 Å². The second-order valence-corrected chi connectivity index (χ2v) is 7.81. The molecule has 30 heavy (non-hydrogen) atoms. The minimum atomic E-state index is -4.62. The van der Waals surface area contributed by atoms with E-state index in [4.69, 9.17) is 9.90 Å². The zero-order valence-electron chi connectivity index (χ0n) is 15.8. The predicted molar refractivity (Wildman–Crippen MR) is 108 cm³/mol. The molecule has 1 aliphatic carbocycles. The largest absolute Gasteiger partial charge is 0.483 e. The highest BCUT2D eigenvalue weighted by Gasteiger charge is 2.32. The molecule has 1 amide bonds. The molecule has 0 heterocycles. The van der Waals surface area contributed by atoms with Gasteiger partial charge in [0.25, 0.3) is 6.47 Å². The molecule has 0 radical (unpaired) electrons.